The molecule has 2 aromatic carbocycles. The van der Waals surface area contributed by atoms with E-state index >= 15 is 0 Å². The first kappa shape index (κ1) is 26.1. The molecule has 7 nitrogen and oxygen atoms in total. The van der Waals surface area contributed by atoms with Crippen molar-refractivity contribution in [1.29, 1.82) is 0 Å². The summed E-state index contributed by atoms with van der Waals surface area (Å²) < 4.78 is 46.2. The van der Waals surface area contributed by atoms with Crippen LogP contribution in [0.1, 0.15) is 37.3 Å². The number of nitrogens with one attached hydrogen (secondary N) is 1. The largest absolute Gasteiger partial charge is 0.481 e. The zero-order valence-corrected chi connectivity index (χ0v) is 19.3. The van der Waals surface area contributed by atoms with Gasteiger partial charge in [-0.15, -0.1) is 0 Å². The number of hydrogen-bond donors (Lipinski definition) is 2. The lowest BCUT2D eigenvalue weighted by molar-refractivity contribution is -0.188. The second kappa shape index (κ2) is 10.8. The quantitative estimate of drug-likeness (QED) is 0.541. The van der Waals surface area contributed by atoms with E-state index in [4.69, 9.17) is 9.84 Å². The molecule has 188 valence electrons. The molecule has 0 aliphatic heterocycles. The van der Waals surface area contributed by atoms with E-state index in [1.807, 2.05) is 48.5 Å². The predicted octanol–water partition coefficient (Wildman–Crippen LogP) is 4.42. The molecule has 2 N–H and O–H groups in total. The summed E-state index contributed by atoms with van der Waals surface area (Å²) in [6.07, 6.45) is -6.51. The highest BCUT2D eigenvalue weighted by molar-refractivity contribution is 5.82. The van der Waals surface area contributed by atoms with Gasteiger partial charge in [0, 0.05) is 25.0 Å². The Balaban J connectivity index is 1.65. The van der Waals surface area contributed by atoms with Gasteiger partial charge < -0.3 is 20.1 Å². The second-order valence-electron chi connectivity index (χ2n) is 8.57. The van der Waals surface area contributed by atoms with Crippen molar-refractivity contribution in [2.24, 2.45) is 5.92 Å². The van der Waals surface area contributed by atoms with E-state index in [-0.39, 0.29) is 19.1 Å². The fourth-order valence-corrected chi connectivity index (χ4v) is 4.22. The third kappa shape index (κ3) is 6.12. The van der Waals surface area contributed by atoms with Crippen LogP contribution in [0.5, 0.6) is 0 Å². The van der Waals surface area contributed by atoms with E-state index < -0.39 is 49.1 Å². The Hall–Kier alpha value is -3.56. The van der Waals surface area contributed by atoms with Crippen molar-refractivity contribution in [3.8, 4) is 11.1 Å². The fourth-order valence-electron chi connectivity index (χ4n) is 4.22. The van der Waals surface area contributed by atoms with Gasteiger partial charge in [-0.25, -0.2) is 4.79 Å². The molecular formula is C25H27F3N2O5. The van der Waals surface area contributed by atoms with Gasteiger partial charge in [0.25, 0.3) is 0 Å². The van der Waals surface area contributed by atoms with Crippen molar-refractivity contribution >= 4 is 18.0 Å². The molecular weight excluding hydrogens is 465 g/mol. The number of fused-ring (bicyclic) bond motifs is 3. The molecule has 0 saturated carbocycles. The summed E-state index contributed by atoms with van der Waals surface area (Å²) in [5.41, 5.74) is 3.93. The van der Waals surface area contributed by atoms with Crippen molar-refractivity contribution in [3.05, 3.63) is 59.7 Å². The highest BCUT2D eigenvalue weighted by Crippen LogP contribution is 2.44. The van der Waals surface area contributed by atoms with E-state index in [1.165, 1.54) is 13.8 Å². The van der Waals surface area contributed by atoms with Crippen molar-refractivity contribution in [2.45, 2.75) is 38.4 Å². The Morgan fingerprint density at radius 1 is 1.03 bits per heavy atom. The number of hydrogen-bond acceptors (Lipinski definition) is 4. The van der Waals surface area contributed by atoms with Gasteiger partial charge in [0.1, 0.15) is 6.61 Å². The van der Waals surface area contributed by atoms with Crippen LogP contribution in [0.4, 0.5) is 18.0 Å². The van der Waals surface area contributed by atoms with Crippen LogP contribution in [0, 0.1) is 5.92 Å². The minimum Gasteiger partial charge on any atom is -0.481 e. The van der Waals surface area contributed by atoms with E-state index in [2.05, 4.69) is 5.32 Å². The number of carboxylic acids is 1. The first-order chi connectivity index (χ1) is 16.5. The van der Waals surface area contributed by atoms with Crippen LogP contribution in [0.15, 0.2) is 48.5 Å². The molecule has 1 aliphatic rings. The van der Waals surface area contributed by atoms with Gasteiger partial charge in [-0.3, -0.25) is 9.59 Å². The average Bonchev–Trinajstić information content (AvgIpc) is 3.10. The van der Waals surface area contributed by atoms with E-state index in [0.29, 0.717) is 0 Å². The second-order valence-corrected chi connectivity index (χ2v) is 8.57. The van der Waals surface area contributed by atoms with Crippen LogP contribution in [0.3, 0.4) is 0 Å². The summed E-state index contributed by atoms with van der Waals surface area (Å²) in [6.45, 7) is 1.51. The highest BCUT2D eigenvalue weighted by Gasteiger charge is 2.47. The van der Waals surface area contributed by atoms with Gasteiger partial charge in [-0.2, -0.15) is 13.2 Å². The maximum Gasteiger partial charge on any atom is 0.407 e. The number of carbonyl (C=O) groups excluding carboxylic acids is 2. The zero-order chi connectivity index (χ0) is 25.8. The number of carboxylic acid groups (broad SMARTS) is 1. The van der Waals surface area contributed by atoms with Crippen LogP contribution >= 0.6 is 0 Å². The molecule has 0 aromatic heterocycles. The zero-order valence-electron chi connectivity index (χ0n) is 19.3. The number of nitrogens with zero attached hydrogens (tertiary/aromatic N) is 1. The summed E-state index contributed by atoms with van der Waals surface area (Å²) in [5, 5.41) is 10.9. The molecule has 0 fully saturated rings. The van der Waals surface area contributed by atoms with Crippen LogP contribution in [-0.2, 0) is 14.3 Å². The van der Waals surface area contributed by atoms with E-state index in [9.17, 15) is 27.6 Å². The topological polar surface area (TPSA) is 95.9 Å². The first-order valence-electron chi connectivity index (χ1n) is 11.2. The van der Waals surface area contributed by atoms with Crippen molar-refractivity contribution in [2.75, 3.05) is 19.7 Å². The lowest BCUT2D eigenvalue weighted by Crippen LogP contribution is -2.50. The molecule has 1 aliphatic carbocycles. The number of carbonyl (C=O) groups is 3. The lowest BCUT2D eigenvalue weighted by Gasteiger charge is -2.31. The summed E-state index contributed by atoms with van der Waals surface area (Å²) in [5.74, 6) is -5.32. The molecule has 10 heteroatoms. The number of halogens is 3. The Labute approximate surface area is 200 Å². The minimum atomic E-state index is -4.94. The maximum atomic E-state index is 13.6. The smallest absolute Gasteiger partial charge is 0.407 e. The predicted molar refractivity (Wildman–Crippen MR) is 122 cm³/mol. The van der Waals surface area contributed by atoms with Crippen LogP contribution in [0.25, 0.3) is 11.1 Å². The van der Waals surface area contributed by atoms with Gasteiger partial charge >= 0.3 is 18.2 Å². The molecule has 0 saturated heterocycles. The number of amides is 2. The third-order valence-electron chi connectivity index (χ3n) is 5.96. The molecule has 0 radical (unpaired) electrons. The molecule has 3 rings (SSSR count). The summed E-state index contributed by atoms with van der Waals surface area (Å²) in [7, 11) is 0. The van der Waals surface area contributed by atoms with Crippen LogP contribution in [0.2, 0.25) is 0 Å². The van der Waals surface area contributed by atoms with Gasteiger partial charge in [0.15, 0.2) is 5.92 Å². The average molecular weight is 492 g/mol. The molecule has 0 spiro atoms. The van der Waals surface area contributed by atoms with E-state index in [1.54, 1.807) is 0 Å². The van der Waals surface area contributed by atoms with E-state index in [0.717, 1.165) is 27.2 Å². The molecule has 0 heterocycles. The standard InChI is InChI=1S/C25H27F3N2O5/c1-15(2)30(12-11-22(31)32)23(33)21(25(26,27)28)13-29-24(34)35-14-20-18-9-5-3-7-16(18)17-8-4-6-10-19(17)20/h3-10,15,20-21H,11-14H2,1-2H3,(H,29,34)(H,31,32). The van der Waals surface area contributed by atoms with Crippen LogP contribution in [-0.4, -0.2) is 59.9 Å². The number of alkyl carbamates (subject to hydrolysis) is 1. The normalized spacial score (nSPS) is 13.7. The van der Waals surface area contributed by atoms with Gasteiger partial charge in [-0.1, -0.05) is 48.5 Å². The Morgan fingerprint density at radius 2 is 1.57 bits per heavy atom. The number of rotatable bonds is 9. The lowest BCUT2D eigenvalue weighted by atomic mass is 9.98. The Morgan fingerprint density at radius 3 is 2.06 bits per heavy atom. The third-order valence-corrected chi connectivity index (χ3v) is 5.96. The molecule has 1 unspecified atom stereocenters. The van der Waals surface area contributed by atoms with Gasteiger partial charge in [0.05, 0.1) is 6.42 Å². The Kier molecular flexibility index (Phi) is 8.03. The first-order valence-corrected chi connectivity index (χ1v) is 11.2. The summed E-state index contributed by atoms with van der Waals surface area (Å²) in [4.78, 5) is 36.6. The van der Waals surface area contributed by atoms with Crippen molar-refractivity contribution in [3.63, 3.8) is 0 Å². The molecule has 2 aromatic rings. The SMILES string of the molecule is CC(C)N(CCC(=O)O)C(=O)C(CNC(=O)OCC1c2ccccc2-c2ccccc21)C(F)(F)F. The van der Waals surface area contributed by atoms with Crippen molar-refractivity contribution < 1.29 is 37.4 Å². The summed E-state index contributed by atoms with van der Waals surface area (Å²) >= 11 is 0. The number of alkyl halides is 3. The van der Waals surface area contributed by atoms with Gasteiger partial charge in [-0.05, 0) is 36.1 Å². The fraction of sp³-hybridized carbons (Fsp3) is 0.400. The number of benzene rings is 2. The number of ether oxygens (including phenoxy) is 1. The summed E-state index contributed by atoms with van der Waals surface area (Å²) in [6, 6.07) is 14.6. The highest BCUT2D eigenvalue weighted by atomic mass is 19.4. The van der Waals surface area contributed by atoms with Gasteiger partial charge in [0.2, 0.25) is 5.91 Å². The molecule has 2 amide bonds. The van der Waals surface area contributed by atoms with Crippen LogP contribution < -0.4 is 5.32 Å². The number of aliphatic carboxylic acids is 1. The Bertz CT molecular complexity index is 1040. The molecule has 0 bridgehead atoms. The van der Waals surface area contributed by atoms with Crippen molar-refractivity contribution in [1.82, 2.24) is 10.2 Å². The monoisotopic (exact) mass is 492 g/mol. The maximum absolute atomic E-state index is 13.6. The molecule has 1 atom stereocenters. The molecule has 35 heavy (non-hydrogen) atoms. The minimum absolute atomic E-state index is 0.0821.